The maximum atomic E-state index is 9.78. The number of hydrogen-bond acceptors (Lipinski definition) is 3. The molecule has 0 saturated carbocycles. The molecule has 0 aliphatic heterocycles. The molecule has 0 amide bonds. The number of para-hydroxylation sites is 1. The van der Waals surface area contributed by atoms with E-state index in [4.69, 9.17) is 16.7 Å². The van der Waals surface area contributed by atoms with E-state index in [0.29, 0.717) is 24.2 Å². The SMILES string of the molecule is CC(C)N(CCO)Cc1cccc(Cl)c1O. The van der Waals surface area contributed by atoms with Crippen molar-refractivity contribution in [1.29, 1.82) is 0 Å². The summed E-state index contributed by atoms with van der Waals surface area (Å²) in [7, 11) is 0. The van der Waals surface area contributed by atoms with Crippen molar-refractivity contribution in [3.05, 3.63) is 28.8 Å². The molecule has 0 heterocycles. The topological polar surface area (TPSA) is 43.7 Å². The van der Waals surface area contributed by atoms with Gasteiger partial charge in [0.15, 0.2) is 0 Å². The lowest BCUT2D eigenvalue weighted by atomic mass is 10.1. The summed E-state index contributed by atoms with van der Waals surface area (Å²) >= 11 is 5.84. The summed E-state index contributed by atoms with van der Waals surface area (Å²) in [5.74, 6) is 0.132. The Labute approximate surface area is 101 Å². The van der Waals surface area contributed by atoms with Gasteiger partial charge in [-0.05, 0) is 19.9 Å². The van der Waals surface area contributed by atoms with Crippen molar-refractivity contribution in [2.75, 3.05) is 13.2 Å². The average Bonchev–Trinajstić information content (AvgIpc) is 2.23. The lowest BCUT2D eigenvalue weighted by Crippen LogP contribution is -2.32. The second kappa shape index (κ2) is 6.09. The first-order valence-electron chi connectivity index (χ1n) is 5.37. The number of rotatable bonds is 5. The number of aliphatic hydroxyl groups excluding tert-OH is 1. The first kappa shape index (κ1) is 13.3. The molecule has 16 heavy (non-hydrogen) atoms. The summed E-state index contributed by atoms with van der Waals surface area (Å²) in [6, 6.07) is 5.63. The maximum Gasteiger partial charge on any atom is 0.138 e. The smallest absolute Gasteiger partial charge is 0.138 e. The van der Waals surface area contributed by atoms with E-state index in [1.54, 1.807) is 6.07 Å². The van der Waals surface area contributed by atoms with Gasteiger partial charge in [0.1, 0.15) is 5.75 Å². The number of benzene rings is 1. The summed E-state index contributed by atoms with van der Waals surface area (Å²) < 4.78 is 0. The monoisotopic (exact) mass is 243 g/mol. The quantitative estimate of drug-likeness (QED) is 0.834. The third-order valence-corrected chi connectivity index (χ3v) is 2.87. The van der Waals surface area contributed by atoms with Crippen LogP contribution in [0, 0.1) is 0 Å². The molecule has 1 aromatic rings. The summed E-state index contributed by atoms with van der Waals surface area (Å²) in [5, 5.41) is 19.1. The summed E-state index contributed by atoms with van der Waals surface area (Å²) in [4.78, 5) is 2.07. The standard InChI is InChI=1S/C12H18ClNO2/c1-9(2)14(6-7-15)8-10-4-3-5-11(13)12(10)16/h3-5,9,15-16H,6-8H2,1-2H3. The molecular formula is C12H18ClNO2. The van der Waals surface area contributed by atoms with Gasteiger partial charge in [-0.3, -0.25) is 4.90 Å². The minimum absolute atomic E-state index is 0.111. The molecule has 2 N–H and O–H groups in total. The van der Waals surface area contributed by atoms with Gasteiger partial charge < -0.3 is 10.2 Å². The molecule has 4 heteroatoms. The Morgan fingerprint density at radius 3 is 2.62 bits per heavy atom. The van der Waals surface area contributed by atoms with Crippen LogP contribution in [0.4, 0.5) is 0 Å². The molecule has 0 fully saturated rings. The van der Waals surface area contributed by atoms with Gasteiger partial charge in [-0.1, -0.05) is 23.7 Å². The lowest BCUT2D eigenvalue weighted by Gasteiger charge is -2.26. The van der Waals surface area contributed by atoms with Crippen LogP contribution in [0.1, 0.15) is 19.4 Å². The molecule has 0 spiro atoms. The molecule has 90 valence electrons. The molecule has 0 aliphatic rings. The van der Waals surface area contributed by atoms with E-state index in [1.807, 2.05) is 12.1 Å². The number of halogens is 1. The summed E-state index contributed by atoms with van der Waals surface area (Å²) in [5.41, 5.74) is 0.787. The molecule has 0 bridgehead atoms. The molecule has 0 aromatic heterocycles. The first-order valence-corrected chi connectivity index (χ1v) is 5.75. The van der Waals surface area contributed by atoms with E-state index in [1.165, 1.54) is 0 Å². The van der Waals surface area contributed by atoms with E-state index in [0.717, 1.165) is 5.56 Å². The Balaban J connectivity index is 2.81. The Hall–Kier alpha value is -0.770. The molecule has 0 atom stereocenters. The Kier molecular flexibility index (Phi) is 5.06. The van der Waals surface area contributed by atoms with Crippen LogP contribution in [0.25, 0.3) is 0 Å². The molecule has 0 radical (unpaired) electrons. The first-order chi connectivity index (χ1) is 7.56. The second-order valence-electron chi connectivity index (χ2n) is 4.04. The molecule has 1 aromatic carbocycles. The predicted molar refractivity (Wildman–Crippen MR) is 65.7 cm³/mol. The van der Waals surface area contributed by atoms with Crippen molar-refractivity contribution in [3.63, 3.8) is 0 Å². The summed E-state index contributed by atoms with van der Waals surface area (Å²) in [6.07, 6.45) is 0. The molecule has 0 saturated heterocycles. The molecule has 1 rings (SSSR count). The van der Waals surface area contributed by atoms with Crippen LogP contribution in [-0.2, 0) is 6.54 Å². The van der Waals surface area contributed by atoms with Crippen molar-refractivity contribution >= 4 is 11.6 Å². The van der Waals surface area contributed by atoms with E-state index >= 15 is 0 Å². The van der Waals surface area contributed by atoms with Crippen LogP contribution >= 0.6 is 11.6 Å². The van der Waals surface area contributed by atoms with Gasteiger partial charge >= 0.3 is 0 Å². The van der Waals surface area contributed by atoms with Crippen LogP contribution in [-0.4, -0.2) is 34.3 Å². The van der Waals surface area contributed by atoms with E-state index in [2.05, 4.69) is 18.7 Å². The van der Waals surface area contributed by atoms with Crippen molar-refractivity contribution in [1.82, 2.24) is 4.90 Å². The van der Waals surface area contributed by atoms with E-state index in [9.17, 15) is 5.11 Å². The zero-order valence-corrected chi connectivity index (χ0v) is 10.4. The van der Waals surface area contributed by atoms with Crippen LogP contribution in [0.2, 0.25) is 5.02 Å². The Morgan fingerprint density at radius 2 is 2.06 bits per heavy atom. The van der Waals surface area contributed by atoms with Crippen molar-refractivity contribution < 1.29 is 10.2 Å². The average molecular weight is 244 g/mol. The molecule has 3 nitrogen and oxygen atoms in total. The number of aromatic hydroxyl groups is 1. The minimum atomic E-state index is 0.111. The van der Waals surface area contributed by atoms with Gasteiger partial charge in [0.05, 0.1) is 11.6 Å². The van der Waals surface area contributed by atoms with Crippen LogP contribution in [0.3, 0.4) is 0 Å². The van der Waals surface area contributed by atoms with Gasteiger partial charge in [-0.25, -0.2) is 0 Å². The lowest BCUT2D eigenvalue weighted by molar-refractivity contribution is 0.158. The minimum Gasteiger partial charge on any atom is -0.506 e. The highest BCUT2D eigenvalue weighted by Gasteiger charge is 2.12. The van der Waals surface area contributed by atoms with Crippen molar-refractivity contribution in [2.24, 2.45) is 0 Å². The molecular weight excluding hydrogens is 226 g/mol. The number of phenolic OH excluding ortho intramolecular Hbond substituents is 1. The van der Waals surface area contributed by atoms with Crippen molar-refractivity contribution in [2.45, 2.75) is 26.4 Å². The largest absolute Gasteiger partial charge is 0.506 e. The number of nitrogens with zero attached hydrogens (tertiary/aromatic N) is 1. The number of hydrogen-bond donors (Lipinski definition) is 2. The molecule has 0 unspecified atom stereocenters. The van der Waals surface area contributed by atoms with Gasteiger partial charge in [0.2, 0.25) is 0 Å². The third-order valence-electron chi connectivity index (χ3n) is 2.56. The van der Waals surface area contributed by atoms with Gasteiger partial charge in [-0.15, -0.1) is 0 Å². The molecule has 0 aliphatic carbocycles. The third kappa shape index (κ3) is 3.37. The van der Waals surface area contributed by atoms with E-state index < -0.39 is 0 Å². The highest BCUT2D eigenvalue weighted by Crippen LogP contribution is 2.28. The van der Waals surface area contributed by atoms with Crippen LogP contribution in [0.15, 0.2) is 18.2 Å². The van der Waals surface area contributed by atoms with Crippen LogP contribution < -0.4 is 0 Å². The fraction of sp³-hybridized carbons (Fsp3) is 0.500. The van der Waals surface area contributed by atoms with E-state index in [-0.39, 0.29) is 12.4 Å². The second-order valence-corrected chi connectivity index (χ2v) is 4.44. The zero-order valence-electron chi connectivity index (χ0n) is 9.65. The normalized spacial score (nSPS) is 11.4. The van der Waals surface area contributed by atoms with Gasteiger partial charge in [-0.2, -0.15) is 0 Å². The maximum absolute atomic E-state index is 9.78. The number of aliphatic hydroxyl groups is 1. The fourth-order valence-electron chi connectivity index (χ4n) is 1.55. The van der Waals surface area contributed by atoms with Gasteiger partial charge in [0, 0.05) is 24.7 Å². The highest BCUT2D eigenvalue weighted by molar-refractivity contribution is 6.32. The number of phenols is 1. The zero-order chi connectivity index (χ0) is 12.1. The highest BCUT2D eigenvalue weighted by atomic mass is 35.5. The summed E-state index contributed by atoms with van der Waals surface area (Å²) in [6.45, 7) is 5.39. The predicted octanol–water partition coefficient (Wildman–Crippen LogP) is 2.25. The Bertz CT molecular complexity index is 342. The Morgan fingerprint density at radius 1 is 1.38 bits per heavy atom. The van der Waals surface area contributed by atoms with Crippen molar-refractivity contribution in [3.8, 4) is 5.75 Å². The van der Waals surface area contributed by atoms with Gasteiger partial charge in [0.25, 0.3) is 0 Å². The van der Waals surface area contributed by atoms with Crippen LogP contribution in [0.5, 0.6) is 5.75 Å². The fourth-order valence-corrected chi connectivity index (χ4v) is 1.75.